The van der Waals surface area contributed by atoms with Gasteiger partial charge in [-0.3, -0.25) is 9.59 Å². The van der Waals surface area contributed by atoms with Gasteiger partial charge in [-0.25, -0.2) is 0 Å². The molecule has 0 aliphatic rings. The summed E-state index contributed by atoms with van der Waals surface area (Å²) in [5, 5.41) is 29.9. The molecule has 2 unspecified atom stereocenters. The molecule has 0 aliphatic heterocycles. The molecule has 7 nitrogen and oxygen atoms in total. The van der Waals surface area contributed by atoms with Crippen molar-refractivity contribution in [3.05, 3.63) is 0 Å². The van der Waals surface area contributed by atoms with Crippen LogP contribution >= 0.6 is 0 Å². The van der Waals surface area contributed by atoms with Gasteiger partial charge in [0.05, 0.1) is 12.2 Å². The lowest BCUT2D eigenvalue weighted by molar-refractivity contribution is -0.122. The van der Waals surface area contributed by atoms with Crippen LogP contribution in [0.15, 0.2) is 0 Å². The van der Waals surface area contributed by atoms with Gasteiger partial charge in [0.2, 0.25) is 11.8 Å². The first-order valence-corrected chi connectivity index (χ1v) is 5.99. The number of carbonyl (C=O) groups excluding carboxylic acids is 2. The first kappa shape index (κ1) is 16.8. The van der Waals surface area contributed by atoms with E-state index in [9.17, 15) is 19.8 Å². The van der Waals surface area contributed by atoms with Gasteiger partial charge in [-0.2, -0.15) is 0 Å². The van der Waals surface area contributed by atoms with E-state index in [4.69, 9.17) is 10.8 Å². The van der Waals surface area contributed by atoms with Gasteiger partial charge in [-0.1, -0.05) is 0 Å². The Morgan fingerprint density at radius 3 is 2.33 bits per heavy atom. The first-order chi connectivity index (χ1) is 8.47. The number of rotatable bonds is 10. The summed E-state index contributed by atoms with van der Waals surface area (Å²) in [4.78, 5) is 21.7. The molecule has 0 aromatic rings. The number of nitrogens with one attached hydrogen (secondary N) is 1. The van der Waals surface area contributed by atoms with Crippen molar-refractivity contribution in [3.63, 3.8) is 0 Å². The molecule has 0 aromatic heterocycles. The summed E-state index contributed by atoms with van der Waals surface area (Å²) in [6.45, 7) is -0.106. The first-order valence-electron chi connectivity index (χ1n) is 5.99. The molecule has 0 saturated carbocycles. The van der Waals surface area contributed by atoms with Crippen LogP contribution in [0.5, 0.6) is 0 Å². The lowest BCUT2D eigenvalue weighted by Crippen LogP contribution is -2.39. The van der Waals surface area contributed by atoms with Gasteiger partial charge < -0.3 is 26.4 Å². The van der Waals surface area contributed by atoms with Gasteiger partial charge in [0, 0.05) is 26.0 Å². The SMILES string of the molecule is NC(=O)CCCC(=O)NCC(O)C(O)CCCO. The van der Waals surface area contributed by atoms with E-state index < -0.39 is 18.1 Å². The Morgan fingerprint density at radius 2 is 1.78 bits per heavy atom. The third-order valence-corrected chi connectivity index (χ3v) is 2.44. The van der Waals surface area contributed by atoms with Gasteiger partial charge in [0.25, 0.3) is 0 Å². The maximum Gasteiger partial charge on any atom is 0.220 e. The Balaban J connectivity index is 3.67. The second-order valence-electron chi connectivity index (χ2n) is 4.12. The van der Waals surface area contributed by atoms with Crippen molar-refractivity contribution < 1.29 is 24.9 Å². The fourth-order valence-electron chi connectivity index (χ4n) is 1.36. The Morgan fingerprint density at radius 1 is 1.11 bits per heavy atom. The van der Waals surface area contributed by atoms with Gasteiger partial charge in [0.1, 0.15) is 0 Å². The number of amides is 2. The van der Waals surface area contributed by atoms with Crippen molar-refractivity contribution in [1.82, 2.24) is 5.32 Å². The molecule has 106 valence electrons. The third-order valence-electron chi connectivity index (χ3n) is 2.44. The summed E-state index contributed by atoms with van der Waals surface area (Å²) in [5.41, 5.74) is 4.92. The van der Waals surface area contributed by atoms with E-state index in [-0.39, 0.29) is 38.3 Å². The molecule has 0 saturated heterocycles. The van der Waals surface area contributed by atoms with Crippen molar-refractivity contribution in [3.8, 4) is 0 Å². The van der Waals surface area contributed by atoms with E-state index in [1.165, 1.54) is 0 Å². The van der Waals surface area contributed by atoms with Crippen LogP contribution in [0.2, 0.25) is 0 Å². The fraction of sp³-hybridized carbons (Fsp3) is 0.818. The molecule has 0 aromatic carbocycles. The molecular formula is C11H22N2O5. The molecule has 0 radical (unpaired) electrons. The minimum absolute atomic E-state index is 0.0523. The van der Waals surface area contributed by atoms with Crippen LogP contribution < -0.4 is 11.1 Å². The zero-order valence-corrected chi connectivity index (χ0v) is 10.3. The minimum Gasteiger partial charge on any atom is -0.396 e. The molecule has 2 atom stereocenters. The Bertz CT molecular complexity index is 260. The van der Waals surface area contributed by atoms with Crippen molar-refractivity contribution in [1.29, 1.82) is 0 Å². The maximum atomic E-state index is 11.3. The quantitative estimate of drug-likeness (QED) is 0.318. The van der Waals surface area contributed by atoms with Crippen molar-refractivity contribution in [2.75, 3.05) is 13.2 Å². The Labute approximate surface area is 106 Å². The van der Waals surface area contributed by atoms with E-state index in [1.807, 2.05) is 0 Å². The highest BCUT2D eigenvalue weighted by molar-refractivity contribution is 5.77. The highest BCUT2D eigenvalue weighted by Gasteiger charge is 2.16. The molecule has 0 bridgehead atoms. The van der Waals surface area contributed by atoms with Crippen LogP contribution in [0.25, 0.3) is 0 Å². The Kier molecular flexibility index (Phi) is 9.17. The van der Waals surface area contributed by atoms with E-state index in [1.54, 1.807) is 0 Å². The van der Waals surface area contributed by atoms with Crippen LogP contribution in [0, 0.1) is 0 Å². The van der Waals surface area contributed by atoms with Crippen LogP contribution in [-0.2, 0) is 9.59 Å². The second-order valence-corrected chi connectivity index (χ2v) is 4.12. The van der Waals surface area contributed by atoms with Gasteiger partial charge >= 0.3 is 0 Å². The van der Waals surface area contributed by atoms with E-state index in [0.29, 0.717) is 12.8 Å². The van der Waals surface area contributed by atoms with Gasteiger partial charge in [-0.15, -0.1) is 0 Å². The predicted molar refractivity (Wildman–Crippen MR) is 64.4 cm³/mol. The van der Waals surface area contributed by atoms with Crippen LogP contribution in [0.4, 0.5) is 0 Å². The summed E-state index contributed by atoms with van der Waals surface area (Å²) in [6, 6.07) is 0. The average molecular weight is 262 g/mol. The molecule has 6 N–H and O–H groups in total. The van der Waals surface area contributed by atoms with Crippen molar-refractivity contribution in [2.24, 2.45) is 5.73 Å². The number of aliphatic hydroxyl groups excluding tert-OH is 3. The molecule has 18 heavy (non-hydrogen) atoms. The smallest absolute Gasteiger partial charge is 0.220 e. The zero-order chi connectivity index (χ0) is 14.0. The molecule has 0 heterocycles. The van der Waals surface area contributed by atoms with Crippen LogP contribution in [0.3, 0.4) is 0 Å². The number of aliphatic hydroxyl groups is 3. The molecule has 0 rings (SSSR count). The normalized spacial score (nSPS) is 13.9. The molecule has 0 aliphatic carbocycles. The molecule has 0 fully saturated rings. The topological polar surface area (TPSA) is 133 Å². The Hall–Kier alpha value is -1.18. The largest absolute Gasteiger partial charge is 0.396 e. The predicted octanol–water partition coefficient (Wildman–Crippen LogP) is -1.75. The number of hydrogen-bond acceptors (Lipinski definition) is 5. The maximum absolute atomic E-state index is 11.3. The number of nitrogens with two attached hydrogens (primary N) is 1. The van der Waals surface area contributed by atoms with E-state index in [2.05, 4.69) is 5.32 Å². The lowest BCUT2D eigenvalue weighted by Gasteiger charge is -2.17. The summed E-state index contributed by atoms with van der Waals surface area (Å²) < 4.78 is 0. The molecule has 2 amide bonds. The highest BCUT2D eigenvalue weighted by Crippen LogP contribution is 2.02. The lowest BCUT2D eigenvalue weighted by atomic mass is 10.1. The summed E-state index contributed by atoms with van der Waals surface area (Å²) in [7, 11) is 0. The van der Waals surface area contributed by atoms with Gasteiger partial charge in [0.15, 0.2) is 0 Å². The van der Waals surface area contributed by atoms with Crippen LogP contribution in [0.1, 0.15) is 32.1 Å². The number of hydrogen-bond donors (Lipinski definition) is 5. The third kappa shape index (κ3) is 8.91. The highest BCUT2D eigenvalue weighted by atomic mass is 16.3. The van der Waals surface area contributed by atoms with Crippen molar-refractivity contribution >= 4 is 11.8 Å². The van der Waals surface area contributed by atoms with E-state index >= 15 is 0 Å². The standard InChI is InChI=1S/C11H22N2O5/c12-10(17)4-1-5-11(18)13-7-9(16)8(15)3-2-6-14/h8-9,14-16H,1-7H2,(H2,12,17)(H,13,18). The summed E-state index contributed by atoms with van der Waals surface area (Å²) in [5.74, 6) is -0.757. The second kappa shape index (κ2) is 9.81. The molecule has 0 spiro atoms. The minimum atomic E-state index is -1.06. The molecular weight excluding hydrogens is 240 g/mol. The summed E-state index contributed by atoms with van der Waals surface area (Å²) in [6.07, 6.45) is -0.693. The number of carbonyl (C=O) groups is 2. The van der Waals surface area contributed by atoms with Crippen molar-refractivity contribution in [2.45, 2.75) is 44.3 Å². The molecule has 7 heteroatoms. The zero-order valence-electron chi connectivity index (χ0n) is 10.3. The average Bonchev–Trinajstić information content (AvgIpc) is 2.32. The van der Waals surface area contributed by atoms with E-state index in [0.717, 1.165) is 0 Å². The summed E-state index contributed by atoms with van der Waals surface area (Å²) >= 11 is 0. The number of primary amides is 1. The fourth-order valence-corrected chi connectivity index (χ4v) is 1.36. The van der Waals surface area contributed by atoms with Crippen LogP contribution in [-0.4, -0.2) is 52.5 Å². The van der Waals surface area contributed by atoms with Gasteiger partial charge in [-0.05, 0) is 19.3 Å². The monoisotopic (exact) mass is 262 g/mol.